The number of hydrogen-bond donors (Lipinski definition) is 1. The Kier molecular flexibility index (Phi) is 2.11. The van der Waals surface area contributed by atoms with Gasteiger partial charge >= 0.3 is 0 Å². The fourth-order valence-electron chi connectivity index (χ4n) is 1.83. The largest absolute Gasteiger partial charge is 0.379 e. The molecule has 3 nitrogen and oxygen atoms in total. The van der Waals surface area contributed by atoms with Gasteiger partial charge in [0, 0.05) is 13.7 Å². The molecule has 0 aromatic carbocycles. The minimum Gasteiger partial charge on any atom is -0.379 e. The van der Waals surface area contributed by atoms with E-state index in [1.54, 1.807) is 7.11 Å². The van der Waals surface area contributed by atoms with Gasteiger partial charge in [-0.2, -0.15) is 0 Å². The number of hydrogen-bond acceptors (Lipinski definition) is 2. The lowest BCUT2D eigenvalue weighted by atomic mass is 10.1. The highest BCUT2D eigenvalue weighted by molar-refractivity contribution is 5.89. The Morgan fingerprint density at radius 2 is 2.14 bits per heavy atom. The lowest BCUT2D eigenvalue weighted by Gasteiger charge is -2.22. The molecule has 3 heteroatoms. The van der Waals surface area contributed by atoms with Gasteiger partial charge in [-0.15, -0.1) is 0 Å². The van der Waals surface area contributed by atoms with E-state index in [0.29, 0.717) is 0 Å². The van der Waals surface area contributed by atoms with Crippen LogP contribution in [0.4, 0.5) is 0 Å². The summed E-state index contributed by atoms with van der Waals surface area (Å²) in [4.78, 5) is 11.6. The van der Waals surface area contributed by atoms with E-state index in [2.05, 4.69) is 5.32 Å². The Bertz CT molecular complexity index is 254. The minimum absolute atomic E-state index is 0.108. The SMILES string of the molecule is COC(C)(C)CCNC(=O)C12CC1C2. The van der Waals surface area contributed by atoms with Crippen molar-refractivity contribution < 1.29 is 9.53 Å². The zero-order chi connectivity index (χ0) is 10.4. The monoisotopic (exact) mass is 197 g/mol. The van der Waals surface area contributed by atoms with Crippen LogP contribution in [-0.2, 0) is 9.53 Å². The molecule has 80 valence electrons. The number of amides is 1. The average Bonchev–Trinajstić information content (AvgIpc) is 2.90. The van der Waals surface area contributed by atoms with Gasteiger partial charge in [-0.25, -0.2) is 0 Å². The van der Waals surface area contributed by atoms with Gasteiger partial charge in [-0.1, -0.05) is 0 Å². The van der Waals surface area contributed by atoms with Crippen molar-refractivity contribution in [1.29, 1.82) is 0 Å². The van der Waals surface area contributed by atoms with E-state index in [4.69, 9.17) is 4.74 Å². The summed E-state index contributed by atoms with van der Waals surface area (Å²) in [5, 5.41) is 3.00. The summed E-state index contributed by atoms with van der Waals surface area (Å²) in [5.74, 6) is 1.01. The zero-order valence-electron chi connectivity index (χ0n) is 9.22. The standard InChI is InChI=1S/C11H19NO2/c1-10(2,14-3)4-5-12-9(13)11-6-8(11)7-11/h8H,4-7H2,1-3H3,(H,12,13). The summed E-state index contributed by atoms with van der Waals surface area (Å²) in [6.07, 6.45) is 3.13. The van der Waals surface area contributed by atoms with E-state index in [1.807, 2.05) is 13.8 Å². The third kappa shape index (κ3) is 1.65. The molecule has 1 N–H and O–H groups in total. The number of carbonyl (C=O) groups excluding carboxylic acids is 1. The second-order valence-electron chi connectivity index (χ2n) is 5.23. The molecule has 0 atom stereocenters. The van der Waals surface area contributed by atoms with E-state index in [-0.39, 0.29) is 16.9 Å². The van der Waals surface area contributed by atoms with Crippen molar-refractivity contribution in [1.82, 2.24) is 5.32 Å². The highest BCUT2D eigenvalue weighted by Gasteiger charge is 2.74. The quantitative estimate of drug-likeness (QED) is 0.722. The van der Waals surface area contributed by atoms with Gasteiger partial charge in [0.05, 0.1) is 11.0 Å². The second-order valence-corrected chi connectivity index (χ2v) is 5.23. The number of methoxy groups -OCH3 is 1. The van der Waals surface area contributed by atoms with E-state index in [1.165, 1.54) is 0 Å². The van der Waals surface area contributed by atoms with Crippen LogP contribution in [0.3, 0.4) is 0 Å². The van der Waals surface area contributed by atoms with Crippen LogP contribution in [0.5, 0.6) is 0 Å². The van der Waals surface area contributed by atoms with Crippen LogP contribution in [0, 0.1) is 11.3 Å². The van der Waals surface area contributed by atoms with E-state index >= 15 is 0 Å². The van der Waals surface area contributed by atoms with Crippen molar-refractivity contribution in [2.24, 2.45) is 11.3 Å². The molecule has 0 aliphatic heterocycles. The number of rotatable bonds is 5. The smallest absolute Gasteiger partial charge is 0.226 e. The number of carbonyl (C=O) groups is 1. The van der Waals surface area contributed by atoms with Crippen molar-refractivity contribution in [2.45, 2.75) is 38.7 Å². The fourth-order valence-corrected chi connectivity index (χ4v) is 1.83. The van der Waals surface area contributed by atoms with Gasteiger partial charge in [0.25, 0.3) is 0 Å². The first kappa shape index (κ1) is 9.97. The van der Waals surface area contributed by atoms with Crippen molar-refractivity contribution in [2.75, 3.05) is 13.7 Å². The predicted octanol–water partition coefficient (Wildman–Crippen LogP) is 1.33. The number of fused-ring (bicyclic) bond motifs is 1. The molecule has 0 heterocycles. The molecule has 14 heavy (non-hydrogen) atoms. The summed E-state index contributed by atoms with van der Waals surface area (Å²) >= 11 is 0. The first-order valence-electron chi connectivity index (χ1n) is 5.34. The maximum atomic E-state index is 11.6. The number of ether oxygens (including phenoxy) is 1. The molecule has 0 saturated heterocycles. The van der Waals surface area contributed by atoms with E-state index < -0.39 is 0 Å². The molecular formula is C11H19NO2. The zero-order valence-corrected chi connectivity index (χ0v) is 9.22. The van der Waals surface area contributed by atoms with E-state index in [0.717, 1.165) is 31.7 Å². The van der Waals surface area contributed by atoms with Gasteiger partial charge in [0.15, 0.2) is 0 Å². The van der Waals surface area contributed by atoms with Crippen LogP contribution in [0.25, 0.3) is 0 Å². The van der Waals surface area contributed by atoms with Gasteiger partial charge in [0.2, 0.25) is 5.91 Å². The first-order chi connectivity index (χ1) is 6.50. The average molecular weight is 197 g/mol. The predicted molar refractivity (Wildman–Crippen MR) is 53.9 cm³/mol. The van der Waals surface area contributed by atoms with Crippen molar-refractivity contribution in [3.05, 3.63) is 0 Å². The molecule has 2 aliphatic carbocycles. The fraction of sp³-hybridized carbons (Fsp3) is 0.909. The molecular weight excluding hydrogens is 178 g/mol. The highest BCUT2D eigenvalue weighted by Crippen LogP contribution is 2.75. The Morgan fingerprint density at radius 1 is 1.57 bits per heavy atom. The summed E-state index contributed by atoms with van der Waals surface area (Å²) in [7, 11) is 1.71. The molecule has 1 amide bonds. The van der Waals surface area contributed by atoms with Crippen molar-refractivity contribution >= 4 is 5.91 Å². The van der Waals surface area contributed by atoms with Gasteiger partial charge in [-0.05, 0) is 39.0 Å². The Hall–Kier alpha value is -0.570. The molecule has 2 fully saturated rings. The van der Waals surface area contributed by atoms with Crippen LogP contribution in [-0.4, -0.2) is 25.2 Å². The molecule has 0 unspecified atom stereocenters. The third-order valence-electron chi connectivity index (χ3n) is 3.70. The summed E-state index contributed by atoms with van der Waals surface area (Å²) in [6, 6.07) is 0. The van der Waals surface area contributed by atoms with E-state index in [9.17, 15) is 4.79 Å². The maximum Gasteiger partial charge on any atom is 0.226 e. The molecule has 0 bridgehead atoms. The first-order valence-corrected chi connectivity index (χ1v) is 5.34. The number of nitrogens with one attached hydrogen (secondary N) is 1. The third-order valence-corrected chi connectivity index (χ3v) is 3.70. The summed E-state index contributed by atoms with van der Waals surface area (Å²) < 4.78 is 5.28. The topological polar surface area (TPSA) is 38.3 Å². The van der Waals surface area contributed by atoms with Crippen molar-refractivity contribution in [3.8, 4) is 0 Å². The van der Waals surface area contributed by atoms with Crippen LogP contribution < -0.4 is 5.32 Å². The van der Waals surface area contributed by atoms with Crippen molar-refractivity contribution in [3.63, 3.8) is 0 Å². The Balaban J connectivity index is 1.65. The van der Waals surface area contributed by atoms with Crippen LogP contribution in [0.2, 0.25) is 0 Å². The Morgan fingerprint density at radius 3 is 2.57 bits per heavy atom. The van der Waals surface area contributed by atoms with Crippen LogP contribution >= 0.6 is 0 Å². The molecule has 0 radical (unpaired) electrons. The summed E-state index contributed by atoms with van der Waals surface area (Å²) in [6.45, 7) is 4.80. The summed E-state index contributed by atoms with van der Waals surface area (Å²) in [5.41, 5.74) is -0.0192. The highest BCUT2D eigenvalue weighted by atomic mass is 16.5. The maximum absolute atomic E-state index is 11.6. The van der Waals surface area contributed by atoms with Crippen LogP contribution in [0.1, 0.15) is 33.1 Å². The normalized spacial score (nSPS) is 33.5. The molecule has 0 aromatic heterocycles. The molecule has 2 aliphatic rings. The molecule has 0 spiro atoms. The molecule has 2 rings (SSSR count). The molecule has 2 saturated carbocycles. The van der Waals surface area contributed by atoms with Gasteiger partial charge in [0.1, 0.15) is 0 Å². The Labute approximate surface area is 85.2 Å². The van der Waals surface area contributed by atoms with Gasteiger partial charge < -0.3 is 10.1 Å². The minimum atomic E-state index is -0.128. The lowest BCUT2D eigenvalue weighted by molar-refractivity contribution is -0.124. The molecule has 0 aromatic rings. The second kappa shape index (κ2) is 2.96. The van der Waals surface area contributed by atoms with Crippen LogP contribution in [0.15, 0.2) is 0 Å². The van der Waals surface area contributed by atoms with Gasteiger partial charge in [-0.3, -0.25) is 4.79 Å². The lowest BCUT2D eigenvalue weighted by Crippen LogP contribution is -2.34.